The van der Waals surface area contributed by atoms with Gasteiger partial charge in [-0.25, -0.2) is 0 Å². The van der Waals surface area contributed by atoms with Crippen LogP contribution in [0.4, 0.5) is 5.69 Å². The van der Waals surface area contributed by atoms with E-state index >= 15 is 0 Å². The molecule has 2 amide bonds. The Morgan fingerprint density at radius 1 is 1.10 bits per heavy atom. The molecule has 5 nitrogen and oxygen atoms in total. The van der Waals surface area contributed by atoms with Gasteiger partial charge in [0.15, 0.2) is 0 Å². The highest BCUT2D eigenvalue weighted by molar-refractivity contribution is 9.10. The number of amides is 2. The summed E-state index contributed by atoms with van der Waals surface area (Å²) in [5, 5.41) is 14.4. The molecule has 0 saturated carbocycles. The van der Waals surface area contributed by atoms with Crippen molar-refractivity contribution in [2.24, 2.45) is 0 Å². The highest BCUT2D eigenvalue weighted by Gasteiger charge is 2.08. The van der Waals surface area contributed by atoms with Gasteiger partial charge in [-0.2, -0.15) is 0 Å². The van der Waals surface area contributed by atoms with Crippen molar-refractivity contribution in [1.82, 2.24) is 5.32 Å². The second kappa shape index (κ2) is 6.90. The van der Waals surface area contributed by atoms with Gasteiger partial charge in [-0.15, -0.1) is 0 Å². The summed E-state index contributed by atoms with van der Waals surface area (Å²) in [4.78, 5) is 23.6. The number of aromatic hydroxyl groups is 1. The highest BCUT2D eigenvalue weighted by Crippen LogP contribution is 2.15. The summed E-state index contributed by atoms with van der Waals surface area (Å²) >= 11 is 3.28. The molecule has 0 heterocycles. The van der Waals surface area contributed by atoms with E-state index in [4.69, 9.17) is 0 Å². The normalized spacial score (nSPS) is 9.95. The summed E-state index contributed by atoms with van der Waals surface area (Å²) in [6.07, 6.45) is 0. The van der Waals surface area contributed by atoms with Gasteiger partial charge in [-0.1, -0.05) is 28.1 Å². The molecule has 0 unspecified atom stereocenters. The van der Waals surface area contributed by atoms with Crippen molar-refractivity contribution in [2.45, 2.75) is 0 Å². The Morgan fingerprint density at radius 3 is 2.57 bits per heavy atom. The van der Waals surface area contributed by atoms with Crippen LogP contribution in [-0.4, -0.2) is 23.5 Å². The molecule has 0 aliphatic heterocycles. The number of hydrogen-bond acceptors (Lipinski definition) is 3. The van der Waals surface area contributed by atoms with Crippen LogP contribution in [0.1, 0.15) is 10.4 Å². The summed E-state index contributed by atoms with van der Waals surface area (Å²) in [7, 11) is 0. The maximum atomic E-state index is 11.9. The minimum atomic E-state index is -0.371. The van der Waals surface area contributed by atoms with E-state index in [2.05, 4.69) is 26.6 Å². The number of phenols is 1. The van der Waals surface area contributed by atoms with Crippen molar-refractivity contribution in [3.8, 4) is 5.75 Å². The van der Waals surface area contributed by atoms with Crippen LogP contribution < -0.4 is 10.6 Å². The number of anilines is 1. The summed E-state index contributed by atoms with van der Waals surface area (Å²) in [6.45, 7) is -0.152. The van der Waals surface area contributed by atoms with Crippen LogP contribution in [0, 0.1) is 0 Å². The van der Waals surface area contributed by atoms with E-state index in [0.29, 0.717) is 11.3 Å². The number of hydrogen-bond donors (Lipinski definition) is 3. The lowest BCUT2D eigenvalue weighted by Gasteiger charge is -2.07. The fourth-order valence-corrected chi connectivity index (χ4v) is 2.08. The maximum absolute atomic E-state index is 11.9. The third-order valence-corrected chi connectivity index (χ3v) is 3.12. The van der Waals surface area contributed by atoms with Crippen LogP contribution in [0.5, 0.6) is 5.75 Å². The maximum Gasteiger partial charge on any atom is 0.251 e. The predicted molar refractivity (Wildman–Crippen MR) is 83.2 cm³/mol. The molecule has 0 aromatic heterocycles. The zero-order valence-electron chi connectivity index (χ0n) is 11.0. The Bertz CT molecular complexity index is 673. The number of rotatable bonds is 4. The summed E-state index contributed by atoms with van der Waals surface area (Å²) < 4.78 is 0.791. The van der Waals surface area contributed by atoms with Gasteiger partial charge in [0.25, 0.3) is 5.91 Å². The van der Waals surface area contributed by atoms with Gasteiger partial charge in [0.1, 0.15) is 5.75 Å². The fourth-order valence-electron chi connectivity index (χ4n) is 1.68. The molecule has 2 aromatic rings. The molecule has 0 fully saturated rings. The van der Waals surface area contributed by atoms with E-state index in [1.807, 2.05) is 6.07 Å². The SMILES string of the molecule is O=C(CNC(=O)c1cccc(Br)c1)Nc1cccc(O)c1. The molecule has 0 spiro atoms. The van der Waals surface area contributed by atoms with E-state index in [1.54, 1.807) is 30.3 Å². The summed E-state index contributed by atoms with van der Waals surface area (Å²) in [5.74, 6) is -0.641. The standard InChI is InChI=1S/C15H13BrN2O3/c16-11-4-1-3-10(7-11)15(21)17-9-14(20)18-12-5-2-6-13(19)8-12/h1-8,19H,9H2,(H,17,21)(H,18,20). The molecule has 3 N–H and O–H groups in total. The number of carbonyl (C=O) groups excluding carboxylic acids is 2. The van der Waals surface area contributed by atoms with Crippen LogP contribution in [0.2, 0.25) is 0 Å². The third kappa shape index (κ3) is 4.61. The monoisotopic (exact) mass is 348 g/mol. The Labute approximate surface area is 130 Å². The lowest BCUT2D eigenvalue weighted by atomic mass is 10.2. The van der Waals surface area contributed by atoms with E-state index in [-0.39, 0.29) is 24.1 Å². The molecule has 21 heavy (non-hydrogen) atoms. The second-order valence-corrected chi connectivity index (χ2v) is 5.21. The van der Waals surface area contributed by atoms with Crippen LogP contribution >= 0.6 is 15.9 Å². The molecule has 0 atom stereocenters. The topological polar surface area (TPSA) is 78.4 Å². The molecule has 2 aromatic carbocycles. The molecule has 0 bridgehead atoms. The molecule has 0 radical (unpaired) electrons. The van der Waals surface area contributed by atoms with Gasteiger partial charge in [0.2, 0.25) is 5.91 Å². The van der Waals surface area contributed by atoms with Crippen LogP contribution in [-0.2, 0) is 4.79 Å². The molecule has 0 aliphatic carbocycles. The first-order chi connectivity index (χ1) is 10.0. The fraction of sp³-hybridized carbons (Fsp3) is 0.0667. The van der Waals surface area contributed by atoms with Gasteiger partial charge >= 0.3 is 0 Å². The lowest BCUT2D eigenvalue weighted by molar-refractivity contribution is -0.115. The predicted octanol–water partition coefficient (Wildman–Crippen LogP) is 2.52. The van der Waals surface area contributed by atoms with Crippen molar-refractivity contribution in [3.63, 3.8) is 0 Å². The molecule has 2 rings (SSSR count). The number of phenolic OH excluding ortho intramolecular Hbond substituents is 1. The van der Waals surface area contributed by atoms with Gasteiger partial charge in [0.05, 0.1) is 6.54 Å². The van der Waals surface area contributed by atoms with Crippen LogP contribution in [0.3, 0.4) is 0 Å². The zero-order chi connectivity index (χ0) is 15.2. The summed E-state index contributed by atoms with van der Waals surface area (Å²) in [5.41, 5.74) is 0.936. The Morgan fingerprint density at radius 2 is 1.86 bits per heavy atom. The molecular weight excluding hydrogens is 336 g/mol. The smallest absolute Gasteiger partial charge is 0.251 e. The van der Waals surface area contributed by atoms with Gasteiger partial charge in [-0.05, 0) is 30.3 Å². The number of nitrogens with one attached hydrogen (secondary N) is 2. The molecule has 0 saturated heterocycles. The first-order valence-electron chi connectivity index (χ1n) is 6.17. The second-order valence-electron chi connectivity index (χ2n) is 4.29. The largest absolute Gasteiger partial charge is 0.508 e. The van der Waals surface area contributed by atoms with Gasteiger partial charge in [-0.3, -0.25) is 9.59 Å². The van der Waals surface area contributed by atoms with E-state index in [0.717, 1.165) is 4.47 Å². The van der Waals surface area contributed by atoms with Crippen molar-refractivity contribution < 1.29 is 14.7 Å². The van der Waals surface area contributed by atoms with Crippen LogP contribution in [0.25, 0.3) is 0 Å². The Balaban J connectivity index is 1.88. The van der Waals surface area contributed by atoms with Crippen molar-refractivity contribution in [1.29, 1.82) is 0 Å². The van der Waals surface area contributed by atoms with E-state index in [9.17, 15) is 14.7 Å². The van der Waals surface area contributed by atoms with E-state index in [1.165, 1.54) is 12.1 Å². The molecule has 6 heteroatoms. The molecule has 0 aliphatic rings. The first kappa shape index (κ1) is 15.1. The Kier molecular flexibility index (Phi) is 4.94. The molecule has 108 valence electrons. The van der Waals surface area contributed by atoms with Crippen molar-refractivity contribution in [2.75, 3.05) is 11.9 Å². The quantitative estimate of drug-likeness (QED) is 0.794. The molecular formula is C15H13BrN2O3. The minimum Gasteiger partial charge on any atom is -0.508 e. The highest BCUT2D eigenvalue weighted by atomic mass is 79.9. The number of benzene rings is 2. The van der Waals surface area contributed by atoms with Gasteiger partial charge < -0.3 is 15.7 Å². The summed E-state index contributed by atoms with van der Waals surface area (Å²) in [6, 6.07) is 13.1. The average Bonchev–Trinajstić information content (AvgIpc) is 2.45. The zero-order valence-corrected chi connectivity index (χ0v) is 12.6. The first-order valence-corrected chi connectivity index (χ1v) is 6.96. The van der Waals surface area contributed by atoms with E-state index < -0.39 is 0 Å². The van der Waals surface area contributed by atoms with Gasteiger partial charge in [0, 0.05) is 21.8 Å². The number of halogens is 1. The lowest BCUT2D eigenvalue weighted by Crippen LogP contribution is -2.32. The van der Waals surface area contributed by atoms with Crippen molar-refractivity contribution >= 4 is 33.4 Å². The number of carbonyl (C=O) groups is 2. The third-order valence-electron chi connectivity index (χ3n) is 2.63. The average molecular weight is 349 g/mol. The Hall–Kier alpha value is -2.34. The van der Waals surface area contributed by atoms with Crippen LogP contribution in [0.15, 0.2) is 53.0 Å². The van der Waals surface area contributed by atoms with Crippen molar-refractivity contribution in [3.05, 3.63) is 58.6 Å². The minimum absolute atomic E-state index is 0.0611.